The number of amides is 1. The molecule has 3 atom stereocenters. The zero-order valence-electron chi connectivity index (χ0n) is 22.9. The number of carbonyl (C=O) groups is 1. The lowest BCUT2D eigenvalue weighted by atomic mass is 9.72. The molecule has 204 valence electrons. The number of methoxy groups -OCH3 is 1. The fourth-order valence-electron chi connectivity index (χ4n) is 6.67. The van der Waals surface area contributed by atoms with Gasteiger partial charge in [0.05, 0.1) is 5.60 Å². The smallest absolute Gasteiger partial charge is 0.222 e. The van der Waals surface area contributed by atoms with Gasteiger partial charge in [-0.25, -0.2) is 4.39 Å². The van der Waals surface area contributed by atoms with Crippen LogP contribution < -0.4 is 5.32 Å². The number of nitrogens with zero attached hydrogens (tertiary/aromatic N) is 1. The summed E-state index contributed by atoms with van der Waals surface area (Å²) < 4.78 is 19.7. The molecule has 2 N–H and O–H groups in total. The van der Waals surface area contributed by atoms with Crippen LogP contribution in [0.5, 0.6) is 0 Å². The van der Waals surface area contributed by atoms with Crippen LogP contribution in [0.15, 0.2) is 18.2 Å². The van der Waals surface area contributed by atoms with Crippen LogP contribution in [0.3, 0.4) is 0 Å². The van der Waals surface area contributed by atoms with Gasteiger partial charge < -0.3 is 20.1 Å². The van der Waals surface area contributed by atoms with Crippen molar-refractivity contribution in [2.45, 2.75) is 89.6 Å². The quantitative estimate of drug-likeness (QED) is 0.345. The molecule has 1 aromatic rings. The van der Waals surface area contributed by atoms with E-state index in [9.17, 15) is 14.3 Å². The molecule has 1 amide bonds. The number of halogens is 1. The van der Waals surface area contributed by atoms with Gasteiger partial charge in [0, 0.05) is 39.1 Å². The maximum atomic E-state index is 14.5. The van der Waals surface area contributed by atoms with Crippen molar-refractivity contribution in [3.05, 3.63) is 35.1 Å². The van der Waals surface area contributed by atoms with Crippen LogP contribution in [0, 0.1) is 30.5 Å². The highest BCUT2D eigenvalue weighted by molar-refractivity contribution is 5.76. The molecular weight excluding hydrogens is 455 g/mol. The second-order valence-corrected chi connectivity index (χ2v) is 11.3. The molecule has 0 radical (unpaired) electrons. The highest BCUT2D eigenvalue weighted by Crippen LogP contribution is 2.42. The monoisotopic (exact) mass is 504 g/mol. The van der Waals surface area contributed by atoms with Gasteiger partial charge in [0.25, 0.3) is 0 Å². The minimum absolute atomic E-state index is 0.112. The number of ether oxygens (including phenoxy) is 1. The number of aliphatic hydroxyl groups is 1. The van der Waals surface area contributed by atoms with Gasteiger partial charge in [0.15, 0.2) is 0 Å². The van der Waals surface area contributed by atoms with Crippen molar-refractivity contribution < 1.29 is 19.0 Å². The maximum Gasteiger partial charge on any atom is 0.222 e. The third kappa shape index (κ3) is 7.75. The van der Waals surface area contributed by atoms with E-state index >= 15 is 0 Å². The first-order valence-corrected chi connectivity index (χ1v) is 14.3. The van der Waals surface area contributed by atoms with Crippen molar-refractivity contribution in [3.63, 3.8) is 0 Å². The predicted octanol–water partition coefficient (Wildman–Crippen LogP) is 5.57. The zero-order valence-corrected chi connectivity index (χ0v) is 22.9. The lowest BCUT2D eigenvalue weighted by molar-refractivity contribution is -0.138. The van der Waals surface area contributed by atoms with Gasteiger partial charge in [-0.2, -0.15) is 0 Å². The topological polar surface area (TPSA) is 61.8 Å². The fraction of sp³-hybridized carbons (Fsp3) is 0.767. The summed E-state index contributed by atoms with van der Waals surface area (Å²) in [4.78, 5) is 15.5. The predicted molar refractivity (Wildman–Crippen MR) is 143 cm³/mol. The molecule has 0 aromatic heterocycles. The summed E-state index contributed by atoms with van der Waals surface area (Å²) >= 11 is 0. The second-order valence-electron chi connectivity index (χ2n) is 11.3. The lowest BCUT2D eigenvalue weighted by Gasteiger charge is -2.44. The number of rotatable bonds is 13. The Morgan fingerprint density at radius 1 is 1.22 bits per heavy atom. The lowest BCUT2D eigenvalue weighted by Crippen LogP contribution is -2.49. The molecule has 2 aliphatic rings. The van der Waals surface area contributed by atoms with E-state index in [4.69, 9.17) is 4.74 Å². The van der Waals surface area contributed by atoms with Crippen LogP contribution in [0.2, 0.25) is 0 Å². The molecule has 0 unspecified atom stereocenters. The standard InChI is InChI=1S/C30H49FN2O3/c1-23-27(14-9-15-28(23)31)30(35,16-7-8-18-36-3)26-13-10-17-33(22-26)29(34)20-25(21-32-2)19-24-11-5-4-6-12-24/h9,14-15,24-26,32,35H,4-8,10-13,16-22H2,1-3H3/t25-,26-,30+/m1/s1. The molecule has 0 bridgehead atoms. The number of hydrogen-bond acceptors (Lipinski definition) is 4. The average molecular weight is 505 g/mol. The fourth-order valence-corrected chi connectivity index (χ4v) is 6.67. The SMILES string of the molecule is CNC[C@@H](CC(=O)N1CCC[C@@H]([C@@](O)(CCCCOC)c2cccc(F)c2C)C1)CC1CCCCC1. The molecule has 6 heteroatoms. The number of carbonyl (C=O) groups excluding carboxylic acids is 1. The molecule has 5 nitrogen and oxygen atoms in total. The van der Waals surface area contributed by atoms with Crippen LogP contribution in [-0.4, -0.2) is 56.3 Å². The first-order valence-electron chi connectivity index (χ1n) is 14.3. The van der Waals surface area contributed by atoms with E-state index in [0.717, 1.165) is 51.1 Å². The van der Waals surface area contributed by atoms with E-state index in [0.29, 0.717) is 43.0 Å². The summed E-state index contributed by atoms with van der Waals surface area (Å²) in [6, 6.07) is 5.01. The Hall–Kier alpha value is -1.50. The first kappa shape index (κ1) is 29.1. The summed E-state index contributed by atoms with van der Waals surface area (Å²) in [5.74, 6) is 0.897. The number of piperidine rings is 1. The maximum absolute atomic E-state index is 14.5. The molecule has 36 heavy (non-hydrogen) atoms. The van der Waals surface area contributed by atoms with E-state index in [1.54, 1.807) is 20.1 Å². The van der Waals surface area contributed by atoms with Crippen LogP contribution in [0.4, 0.5) is 4.39 Å². The van der Waals surface area contributed by atoms with E-state index in [1.165, 1.54) is 38.2 Å². The van der Waals surface area contributed by atoms with Crippen molar-refractivity contribution in [1.29, 1.82) is 0 Å². The Bertz CT molecular complexity index is 813. The van der Waals surface area contributed by atoms with E-state index in [2.05, 4.69) is 5.32 Å². The Kier molecular flexibility index (Phi) is 11.7. The highest BCUT2D eigenvalue weighted by Gasteiger charge is 2.42. The minimum atomic E-state index is -1.16. The second kappa shape index (κ2) is 14.4. The number of hydrogen-bond donors (Lipinski definition) is 2. The first-order chi connectivity index (χ1) is 17.4. The van der Waals surface area contributed by atoms with E-state index < -0.39 is 5.60 Å². The Labute approximate surface area is 218 Å². The van der Waals surface area contributed by atoms with Gasteiger partial charge in [-0.05, 0) is 88.1 Å². The van der Waals surface area contributed by atoms with Gasteiger partial charge >= 0.3 is 0 Å². The molecule has 1 saturated heterocycles. The van der Waals surface area contributed by atoms with E-state index in [1.807, 2.05) is 18.0 Å². The van der Waals surface area contributed by atoms with Gasteiger partial charge in [-0.1, -0.05) is 44.2 Å². The van der Waals surface area contributed by atoms with Gasteiger partial charge in [-0.15, -0.1) is 0 Å². The van der Waals surface area contributed by atoms with Crippen molar-refractivity contribution >= 4 is 5.91 Å². The normalized spacial score (nSPS) is 21.8. The summed E-state index contributed by atoms with van der Waals surface area (Å²) in [5.41, 5.74) is 0.0204. The molecular formula is C30H49FN2O3. The van der Waals surface area contributed by atoms with Crippen LogP contribution in [0.1, 0.15) is 88.2 Å². The van der Waals surface area contributed by atoms with Gasteiger partial charge in [-0.3, -0.25) is 4.79 Å². The highest BCUT2D eigenvalue weighted by atomic mass is 19.1. The minimum Gasteiger partial charge on any atom is -0.385 e. The molecule has 1 saturated carbocycles. The van der Waals surface area contributed by atoms with Gasteiger partial charge in [0.1, 0.15) is 5.82 Å². The van der Waals surface area contributed by atoms with Crippen molar-refractivity contribution in [1.82, 2.24) is 10.2 Å². The third-order valence-electron chi connectivity index (χ3n) is 8.69. The molecule has 2 fully saturated rings. The Balaban J connectivity index is 1.72. The van der Waals surface area contributed by atoms with E-state index in [-0.39, 0.29) is 17.6 Å². The summed E-state index contributed by atoms with van der Waals surface area (Å²) in [6.07, 6.45) is 12.1. The van der Waals surface area contributed by atoms with Crippen LogP contribution in [-0.2, 0) is 15.1 Å². The Morgan fingerprint density at radius 3 is 2.72 bits per heavy atom. The van der Waals surface area contributed by atoms with Crippen molar-refractivity contribution in [2.75, 3.05) is 40.4 Å². The van der Waals surface area contributed by atoms with Crippen LogP contribution in [0.25, 0.3) is 0 Å². The summed E-state index contributed by atoms with van der Waals surface area (Å²) in [6.45, 7) is 4.54. The number of benzene rings is 1. The zero-order chi connectivity index (χ0) is 26.0. The van der Waals surface area contributed by atoms with Gasteiger partial charge in [0.2, 0.25) is 5.91 Å². The molecule has 1 aliphatic carbocycles. The number of nitrogens with one attached hydrogen (secondary N) is 1. The molecule has 1 aromatic carbocycles. The number of likely N-dealkylation sites (tertiary alicyclic amines) is 1. The van der Waals surface area contributed by atoms with Crippen molar-refractivity contribution in [3.8, 4) is 0 Å². The third-order valence-corrected chi connectivity index (χ3v) is 8.69. The summed E-state index contributed by atoms with van der Waals surface area (Å²) in [7, 11) is 3.66. The molecule has 0 spiro atoms. The molecule has 1 aliphatic heterocycles. The summed E-state index contributed by atoms with van der Waals surface area (Å²) in [5, 5.41) is 15.4. The van der Waals surface area contributed by atoms with Crippen LogP contribution >= 0.6 is 0 Å². The molecule has 1 heterocycles. The molecule has 3 rings (SSSR count). The Morgan fingerprint density at radius 2 is 2.00 bits per heavy atom. The average Bonchev–Trinajstić information content (AvgIpc) is 2.89. The van der Waals surface area contributed by atoms with Crippen molar-refractivity contribution in [2.24, 2.45) is 17.8 Å². The number of unbranched alkanes of at least 4 members (excludes halogenated alkanes) is 1. The largest absolute Gasteiger partial charge is 0.385 e.